The van der Waals surface area contributed by atoms with Crippen molar-refractivity contribution in [3.8, 4) is 0 Å². The number of sulfone groups is 1. The molecule has 1 aliphatic carbocycles. The van der Waals surface area contributed by atoms with Crippen LogP contribution < -0.4 is 5.73 Å². The lowest BCUT2D eigenvalue weighted by Gasteiger charge is -2.36. The van der Waals surface area contributed by atoms with E-state index in [-0.39, 0.29) is 11.3 Å². The van der Waals surface area contributed by atoms with Gasteiger partial charge in [-0.2, -0.15) is 0 Å². The first-order valence-corrected chi connectivity index (χ1v) is 9.23. The average molecular weight is 273 g/mol. The first-order chi connectivity index (χ1) is 8.54. The SMILES string of the molecule is CCC1CCC(C(N)C2CCCCS2(=O)=O)CC1. The second-order valence-corrected chi connectivity index (χ2v) is 8.51. The zero-order valence-corrected chi connectivity index (χ0v) is 12.3. The summed E-state index contributed by atoms with van der Waals surface area (Å²) in [5, 5.41) is -0.255. The van der Waals surface area contributed by atoms with Crippen molar-refractivity contribution in [2.24, 2.45) is 17.6 Å². The van der Waals surface area contributed by atoms with Gasteiger partial charge in [0.1, 0.15) is 0 Å². The fourth-order valence-electron chi connectivity index (χ4n) is 3.70. The minimum atomic E-state index is -2.92. The summed E-state index contributed by atoms with van der Waals surface area (Å²) < 4.78 is 24.2. The molecule has 0 aromatic carbocycles. The van der Waals surface area contributed by atoms with Crippen molar-refractivity contribution in [2.75, 3.05) is 5.75 Å². The van der Waals surface area contributed by atoms with Crippen LogP contribution in [-0.2, 0) is 9.84 Å². The summed E-state index contributed by atoms with van der Waals surface area (Å²) in [7, 11) is -2.92. The van der Waals surface area contributed by atoms with E-state index in [4.69, 9.17) is 5.73 Å². The topological polar surface area (TPSA) is 60.2 Å². The van der Waals surface area contributed by atoms with E-state index < -0.39 is 9.84 Å². The molecule has 3 nitrogen and oxygen atoms in total. The molecule has 0 amide bonds. The molecule has 0 aromatic rings. The number of rotatable bonds is 3. The second kappa shape index (κ2) is 5.91. The molecule has 1 heterocycles. The molecule has 1 aliphatic heterocycles. The number of hydrogen-bond acceptors (Lipinski definition) is 3. The van der Waals surface area contributed by atoms with Crippen LogP contribution in [0.15, 0.2) is 0 Å². The van der Waals surface area contributed by atoms with Gasteiger partial charge in [0, 0.05) is 6.04 Å². The summed E-state index contributed by atoms with van der Waals surface area (Å²) in [6.07, 6.45) is 8.64. The Morgan fingerprint density at radius 1 is 1.11 bits per heavy atom. The zero-order chi connectivity index (χ0) is 13.2. The highest BCUT2D eigenvalue weighted by Crippen LogP contribution is 2.35. The van der Waals surface area contributed by atoms with Crippen LogP contribution in [0.3, 0.4) is 0 Å². The molecule has 0 bridgehead atoms. The Morgan fingerprint density at radius 3 is 2.33 bits per heavy atom. The lowest BCUT2D eigenvalue weighted by atomic mass is 9.76. The van der Waals surface area contributed by atoms with Crippen LogP contribution in [0, 0.1) is 11.8 Å². The van der Waals surface area contributed by atoms with Gasteiger partial charge in [0.05, 0.1) is 11.0 Å². The van der Waals surface area contributed by atoms with E-state index in [0.29, 0.717) is 11.7 Å². The molecule has 2 unspecified atom stereocenters. The lowest BCUT2D eigenvalue weighted by Crippen LogP contribution is -2.48. The highest BCUT2D eigenvalue weighted by molar-refractivity contribution is 7.92. The van der Waals surface area contributed by atoms with Crippen molar-refractivity contribution in [1.29, 1.82) is 0 Å². The minimum Gasteiger partial charge on any atom is -0.326 e. The highest BCUT2D eigenvalue weighted by Gasteiger charge is 2.38. The van der Waals surface area contributed by atoms with Gasteiger partial charge in [-0.15, -0.1) is 0 Å². The van der Waals surface area contributed by atoms with Gasteiger partial charge >= 0.3 is 0 Å². The maximum absolute atomic E-state index is 12.1. The first-order valence-electron chi connectivity index (χ1n) is 7.51. The third kappa shape index (κ3) is 3.08. The van der Waals surface area contributed by atoms with Crippen LogP contribution in [0.25, 0.3) is 0 Å². The molecule has 106 valence electrons. The largest absolute Gasteiger partial charge is 0.326 e. The molecule has 4 heteroatoms. The third-order valence-electron chi connectivity index (χ3n) is 5.07. The fourth-order valence-corrected chi connectivity index (χ4v) is 5.83. The predicted octanol–water partition coefficient (Wildman–Crippen LogP) is 2.50. The molecule has 1 saturated carbocycles. The Kier molecular flexibility index (Phi) is 4.70. The summed E-state index contributed by atoms with van der Waals surface area (Å²) in [6, 6.07) is -0.117. The van der Waals surface area contributed by atoms with Crippen molar-refractivity contribution in [3.63, 3.8) is 0 Å². The van der Waals surface area contributed by atoms with Crippen LogP contribution in [0.5, 0.6) is 0 Å². The van der Waals surface area contributed by atoms with Crippen molar-refractivity contribution < 1.29 is 8.42 Å². The molecule has 2 aliphatic rings. The minimum absolute atomic E-state index is 0.117. The van der Waals surface area contributed by atoms with E-state index in [1.165, 1.54) is 19.3 Å². The molecule has 2 fully saturated rings. The van der Waals surface area contributed by atoms with Crippen LogP contribution in [0.4, 0.5) is 0 Å². The summed E-state index contributed by atoms with van der Waals surface area (Å²) in [5.41, 5.74) is 6.31. The monoisotopic (exact) mass is 273 g/mol. The molecular formula is C14H27NO2S. The maximum Gasteiger partial charge on any atom is 0.154 e. The Labute approximate surface area is 111 Å². The molecular weight excluding hydrogens is 246 g/mol. The molecule has 2 rings (SSSR count). The van der Waals surface area contributed by atoms with Gasteiger partial charge in [0.2, 0.25) is 0 Å². The van der Waals surface area contributed by atoms with Gasteiger partial charge in [-0.05, 0) is 37.5 Å². The molecule has 2 N–H and O–H groups in total. The Morgan fingerprint density at radius 2 is 1.78 bits per heavy atom. The van der Waals surface area contributed by atoms with E-state index in [0.717, 1.165) is 38.0 Å². The lowest BCUT2D eigenvalue weighted by molar-refractivity contribution is 0.231. The molecule has 0 aromatic heterocycles. The van der Waals surface area contributed by atoms with Crippen LogP contribution in [0.2, 0.25) is 0 Å². The molecule has 2 atom stereocenters. The Balaban J connectivity index is 1.97. The standard InChI is InChI=1S/C14H27NO2S/c1-2-11-6-8-12(9-7-11)14(15)13-5-3-4-10-18(13,16)17/h11-14H,2-10,15H2,1H3. The van der Waals surface area contributed by atoms with Gasteiger partial charge in [0.25, 0.3) is 0 Å². The smallest absolute Gasteiger partial charge is 0.154 e. The van der Waals surface area contributed by atoms with Crippen molar-refractivity contribution in [3.05, 3.63) is 0 Å². The van der Waals surface area contributed by atoms with Crippen LogP contribution >= 0.6 is 0 Å². The number of nitrogens with two attached hydrogens (primary N) is 1. The van der Waals surface area contributed by atoms with Crippen LogP contribution in [-0.4, -0.2) is 25.5 Å². The Bertz CT molecular complexity index is 358. The normalized spacial score (nSPS) is 38.2. The van der Waals surface area contributed by atoms with E-state index in [1.807, 2.05) is 0 Å². The average Bonchev–Trinajstić information content (AvgIpc) is 2.37. The van der Waals surface area contributed by atoms with E-state index in [1.54, 1.807) is 0 Å². The third-order valence-corrected chi connectivity index (χ3v) is 7.40. The predicted molar refractivity (Wildman–Crippen MR) is 75.1 cm³/mol. The summed E-state index contributed by atoms with van der Waals surface area (Å²) in [5.74, 6) is 1.64. The number of hydrogen-bond donors (Lipinski definition) is 1. The molecule has 0 spiro atoms. The first kappa shape index (κ1) is 14.3. The highest BCUT2D eigenvalue weighted by atomic mass is 32.2. The van der Waals surface area contributed by atoms with Crippen molar-refractivity contribution in [1.82, 2.24) is 0 Å². The molecule has 1 saturated heterocycles. The van der Waals surface area contributed by atoms with Gasteiger partial charge in [-0.3, -0.25) is 0 Å². The zero-order valence-electron chi connectivity index (χ0n) is 11.5. The van der Waals surface area contributed by atoms with Gasteiger partial charge in [-0.1, -0.05) is 32.6 Å². The fraction of sp³-hybridized carbons (Fsp3) is 1.00. The molecule has 0 radical (unpaired) electrons. The van der Waals surface area contributed by atoms with Crippen molar-refractivity contribution in [2.45, 2.75) is 69.6 Å². The van der Waals surface area contributed by atoms with Gasteiger partial charge in [-0.25, -0.2) is 8.42 Å². The van der Waals surface area contributed by atoms with Crippen LogP contribution in [0.1, 0.15) is 58.3 Å². The quantitative estimate of drug-likeness (QED) is 0.859. The van der Waals surface area contributed by atoms with E-state index in [2.05, 4.69) is 6.92 Å². The second-order valence-electron chi connectivity index (χ2n) is 6.17. The van der Waals surface area contributed by atoms with Gasteiger partial charge in [0.15, 0.2) is 9.84 Å². The summed E-state index contributed by atoms with van der Waals surface area (Å²) in [4.78, 5) is 0. The van der Waals surface area contributed by atoms with E-state index >= 15 is 0 Å². The van der Waals surface area contributed by atoms with Crippen molar-refractivity contribution >= 4 is 9.84 Å². The molecule has 18 heavy (non-hydrogen) atoms. The summed E-state index contributed by atoms with van der Waals surface area (Å²) in [6.45, 7) is 2.25. The summed E-state index contributed by atoms with van der Waals surface area (Å²) >= 11 is 0. The maximum atomic E-state index is 12.1. The Hall–Kier alpha value is -0.0900. The van der Waals surface area contributed by atoms with E-state index in [9.17, 15) is 8.42 Å². The van der Waals surface area contributed by atoms with Gasteiger partial charge < -0.3 is 5.73 Å².